The Kier molecular flexibility index (Phi) is 4.69. The number of hydrogen-bond acceptors (Lipinski definition) is 4. The molecule has 1 aliphatic rings. The van der Waals surface area contributed by atoms with Gasteiger partial charge in [-0.2, -0.15) is 0 Å². The van der Waals surface area contributed by atoms with E-state index in [0.717, 1.165) is 31.5 Å². The van der Waals surface area contributed by atoms with Gasteiger partial charge < -0.3 is 4.57 Å². The van der Waals surface area contributed by atoms with Crippen molar-refractivity contribution in [2.45, 2.75) is 71.0 Å². The minimum atomic E-state index is -3.84. The molecule has 1 aromatic heterocycles. The van der Waals surface area contributed by atoms with E-state index in [2.05, 4.69) is 31.0 Å². The van der Waals surface area contributed by atoms with Gasteiger partial charge in [0.2, 0.25) is 0 Å². The summed E-state index contributed by atoms with van der Waals surface area (Å²) in [6.07, 6.45) is 4.35. The Bertz CT molecular complexity index is 596. The second kappa shape index (κ2) is 5.88. The first kappa shape index (κ1) is 16.7. The lowest BCUT2D eigenvalue weighted by atomic mass is 9.69. The summed E-state index contributed by atoms with van der Waals surface area (Å²) in [4.78, 5) is 0. The molecule has 21 heavy (non-hydrogen) atoms. The SMILES string of the molecule is CCn1c(C2CCC(C(C)(C)C)CC2)nnc1S(=O)(=O)Cl. The van der Waals surface area contributed by atoms with E-state index in [1.165, 1.54) is 0 Å². The van der Waals surface area contributed by atoms with Crippen LogP contribution in [0, 0.1) is 11.3 Å². The maximum atomic E-state index is 11.5. The van der Waals surface area contributed by atoms with Crippen molar-refractivity contribution in [1.82, 2.24) is 14.8 Å². The van der Waals surface area contributed by atoms with Crippen molar-refractivity contribution >= 4 is 19.7 Å². The molecule has 0 aliphatic heterocycles. The van der Waals surface area contributed by atoms with Crippen molar-refractivity contribution in [2.24, 2.45) is 11.3 Å². The average molecular weight is 334 g/mol. The van der Waals surface area contributed by atoms with Gasteiger partial charge in [-0.15, -0.1) is 10.2 Å². The molecule has 7 heteroatoms. The van der Waals surface area contributed by atoms with Crippen LogP contribution in [0.2, 0.25) is 0 Å². The van der Waals surface area contributed by atoms with Gasteiger partial charge in [-0.3, -0.25) is 0 Å². The second-order valence-corrected chi connectivity index (χ2v) is 9.40. The van der Waals surface area contributed by atoms with Gasteiger partial charge >= 0.3 is 0 Å². The second-order valence-electron chi connectivity index (χ2n) is 6.94. The highest BCUT2D eigenvalue weighted by Gasteiger charge is 2.33. The topological polar surface area (TPSA) is 64.8 Å². The summed E-state index contributed by atoms with van der Waals surface area (Å²) in [6, 6.07) is 0. The van der Waals surface area contributed by atoms with E-state index in [1.54, 1.807) is 4.57 Å². The smallest absolute Gasteiger partial charge is 0.296 e. The van der Waals surface area contributed by atoms with Gasteiger partial charge in [0, 0.05) is 23.1 Å². The van der Waals surface area contributed by atoms with E-state index in [0.29, 0.717) is 17.9 Å². The number of halogens is 1. The van der Waals surface area contributed by atoms with E-state index in [9.17, 15) is 8.42 Å². The Hall–Kier alpha value is -0.620. The minimum absolute atomic E-state index is 0.125. The molecule has 1 heterocycles. The van der Waals surface area contributed by atoms with Crippen molar-refractivity contribution in [3.05, 3.63) is 5.82 Å². The number of rotatable bonds is 3. The fraction of sp³-hybridized carbons (Fsp3) is 0.857. The third-order valence-corrected chi connectivity index (χ3v) is 5.75. The van der Waals surface area contributed by atoms with Crippen molar-refractivity contribution in [1.29, 1.82) is 0 Å². The molecule has 0 atom stereocenters. The fourth-order valence-electron chi connectivity index (χ4n) is 3.30. The molecule has 1 aliphatic carbocycles. The van der Waals surface area contributed by atoms with Gasteiger partial charge in [0.15, 0.2) is 0 Å². The molecule has 0 unspecified atom stereocenters. The first-order valence-corrected chi connectivity index (χ1v) is 9.83. The lowest BCUT2D eigenvalue weighted by molar-refractivity contribution is 0.166. The summed E-state index contributed by atoms with van der Waals surface area (Å²) in [5.74, 6) is 1.76. The molecule has 0 bridgehead atoms. The Morgan fingerprint density at radius 3 is 2.19 bits per heavy atom. The molecule has 0 N–H and O–H groups in total. The maximum absolute atomic E-state index is 11.5. The van der Waals surface area contributed by atoms with Crippen molar-refractivity contribution in [3.63, 3.8) is 0 Å². The first-order valence-electron chi connectivity index (χ1n) is 7.52. The van der Waals surface area contributed by atoms with Gasteiger partial charge in [0.1, 0.15) is 5.82 Å². The zero-order chi connectivity index (χ0) is 15.8. The van der Waals surface area contributed by atoms with Crippen LogP contribution in [0.4, 0.5) is 0 Å². The predicted molar refractivity (Wildman–Crippen MR) is 82.9 cm³/mol. The highest BCUT2D eigenvalue weighted by Crippen LogP contribution is 2.43. The van der Waals surface area contributed by atoms with Crippen molar-refractivity contribution in [2.75, 3.05) is 0 Å². The van der Waals surface area contributed by atoms with Crippen molar-refractivity contribution < 1.29 is 8.42 Å². The molecular weight excluding hydrogens is 310 g/mol. The highest BCUT2D eigenvalue weighted by atomic mass is 35.7. The molecule has 120 valence electrons. The summed E-state index contributed by atoms with van der Waals surface area (Å²) in [5, 5.41) is 7.78. The fourth-order valence-corrected chi connectivity index (χ4v) is 4.26. The largest absolute Gasteiger partial charge is 0.301 e. The summed E-state index contributed by atoms with van der Waals surface area (Å²) >= 11 is 0. The van der Waals surface area contributed by atoms with Gasteiger partial charge in [0.25, 0.3) is 14.2 Å². The molecule has 0 amide bonds. The number of aromatic nitrogens is 3. The molecule has 0 saturated heterocycles. The third kappa shape index (κ3) is 3.59. The Labute approximate surface area is 131 Å². The standard InChI is InChI=1S/C14H24ClN3O2S/c1-5-18-12(16-17-13(18)21(15,19)20)10-6-8-11(9-7-10)14(2,3)4/h10-11H,5-9H2,1-4H3. The van der Waals surface area contributed by atoms with Crippen LogP contribution in [0.15, 0.2) is 5.16 Å². The zero-order valence-electron chi connectivity index (χ0n) is 13.1. The van der Waals surface area contributed by atoms with E-state index in [4.69, 9.17) is 10.7 Å². The normalized spacial score (nSPS) is 24.2. The van der Waals surface area contributed by atoms with Crippen molar-refractivity contribution in [3.8, 4) is 0 Å². The Balaban J connectivity index is 2.20. The van der Waals surface area contributed by atoms with Crippen LogP contribution in [0.5, 0.6) is 0 Å². The van der Waals surface area contributed by atoms with Crippen LogP contribution in [0.25, 0.3) is 0 Å². The monoisotopic (exact) mass is 333 g/mol. The zero-order valence-corrected chi connectivity index (χ0v) is 14.7. The lowest BCUT2D eigenvalue weighted by Crippen LogP contribution is -2.26. The third-order valence-electron chi connectivity index (χ3n) is 4.60. The van der Waals surface area contributed by atoms with E-state index in [-0.39, 0.29) is 11.1 Å². The summed E-state index contributed by atoms with van der Waals surface area (Å²) in [5.41, 5.74) is 0.327. The van der Waals surface area contributed by atoms with Crippen LogP contribution >= 0.6 is 10.7 Å². The predicted octanol–water partition coefficient (Wildman–Crippen LogP) is 3.55. The molecule has 1 saturated carbocycles. The van der Waals surface area contributed by atoms with Crippen LogP contribution in [-0.2, 0) is 15.6 Å². The Morgan fingerprint density at radius 2 is 1.76 bits per heavy atom. The van der Waals surface area contributed by atoms with Crippen LogP contribution in [0.1, 0.15) is 65.1 Å². The minimum Gasteiger partial charge on any atom is -0.301 e. The van der Waals surface area contributed by atoms with E-state index in [1.807, 2.05) is 6.92 Å². The van der Waals surface area contributed by atoms with E-state index < -0.39 is 9.05 Å². The molecule has 0 aromatic carbocycles. The maximum Gasteiger partial charge on any atom is 0.296 e. The lowest BCUT2D eigenvalue weighted by Gasteiger charge is -2.36. The van der Waals surface area contributed by atoms with Gasteiger partial charge in [-0.1, -0.05) is 20.8 Å². The highest BCUT2D eigenvalue weighted by molar-refractivity contribution is 8.13. The average Bonchev–Trinajstić information content (AvgIpc) is 2.81. The Morgan fingerprint density at radius 1 is 1.19 bits per heavy atom. The molecule has 2 rings (SSSR count). The molecule has 1 aromatic rings. The van der Waals surface area contributed by atoms with Gasteiger partial charge in [-0.25, -0.2) is 8.42 Å². The molecule has 1 fully saturated rings. The van der Waals surface area contributed by atoms with Gasteiger partial charge in [0.05, 0.1) is 0 Å². The van der Waals surface area contributed by atoms with Gasteiger partial charge in [-0.05, 0) is 43.9 Å². The van der Waals surface area contributed by atoms with Crippen LogP contribution in [0.3, 0.4) is 0 Å². The molecule has 0 radical (unpaired) electrons. The summed E-state index contributed by atoms with van der Waals surface area (Å²) in [6.45, 7) is 9.25. The molecular formula is C14H24ClN3O2S. The number of hydrogen-bond donors (Lipinski definition) is 0. The quantitative estimate of drug-likeness (QED) is 0.793. The summed E-state index contributed by atoms with van der Waals surface area (Å²) in [7, 11) is 1.59. The van der Waals surface area contributed by atoms with Crippen LogP contribution < -0.4 is 0 Å². The molecule has 0 spiro atoms. The first-order chi connectivity index (χ1) is 9.64. The summed E-state index contributed by atoms with van der Waals surface area (Å²) < 4.78 is 24.7. The van der Waals surface area contributed by atoms with Crippen LogP contribution in [-0.4, -0.2) is 23.2 Å². The van der Waals surface area contributed by atoms with E-state index >= 15 is 0 Å². The molecule has 5 nitrogen and oxygen atoms in total. The number of nitrogens with zero attached hydrogens (tertiary/aromatic N) is 3.